The largest absolute Gasteiger partial charge is 0.223 e. The Bertz CT molecular complexity index is 484. The fourth-order valence-electron chi connectivity index (χ4n) is 1.20. The highest BCUT2D eigenvalue weighted by atomic mass is 79.9. The summed E-state index contributed by atoms with van der Waals surface area (Å²) in [6.45, 7) is 0. The predicted octanol–water partition coefficient (Wildman–Crippen LogP) is 3.70. The molecule has 0 aliphatic carbocycles. The highest BCUT2D eigenvalue weighted by molar-refractivity contribution is 9.10. The second-order valence-corrected chi connectivity index (χ2v) is 3.98. The average molecular weight is 288 g/mol. The fourth-order valence-corrected chi connectivity index (χ4v) is 1.87. The van der Waals surface area contributed by atoms with Crippen LogP contribution in [0.1, 0.15) is 0 Å². The lowest BCUT2D eigenvalue weighted by Crippen LogP contribution is -1.90. The van der Waals surface area contributed by atoms with Crippen LogP contribution in [0.15, 0.2) is 34.9 Å². The second-order valence-electron chi connectivity index (χ2n) is 2.82. The van der Waals surface area contributed by atoms with Gasteiger partial charge in [-0.15, -0.1) is 0 Å². The molecule has 1 heterocycles. The summed E-state index contributed by atoms with van der Waals surface area (Å²) >= 11 is 8.85. The number of nitrogens with zero attached hydrogens (tertiary/aromatic N) is 2. The highest BCUT2D eigenvalue weighted by Gasteiger charge is 2.07. The molecule has 0 spiro atoms. The number of rotatable bonds is 1. The normalized spacial score (nSPS) is 10.3. The molecule has 0 N–H and O–H groups in total. The van der Waals surface area contributed by atoms with Crippen LogP contribution < -0.4 is 0 Å². The lowest BCUT2D eigenvalue weighted by atomic mass is 10.1. The Kier molecular flexibility index (Phi) is 2.98. The van der Waals surface area contributed by atoms with Crippen molar-refractivity contribution in [1.82, 2.24) is 9.97 Å². The van der Waals surface area contributed by atoms with Gasteiger partial charge in [0.25, 0.3) is 0 Å². The zero-order chi connectivity index (χ0) is 10.8. The maximum absolute atomic E-state index is 13.4. The van der Waals surface area contributed by atoms with Crippen molar-refractivity contribution in [3.8, 4) is 11.3 Å². The number of hydrogen-bond donors (Lipinski definition) is 0. The van der Waals surface area contributed by atoms with Gasteiger partial charge < -0.3 is 0 Å². The molecule has 0 saturated carbocycles. The SMILES string of the molecule is Fc1ccccc1-c1cc(Br)nc(Cl)n1. The van der Waals surface area contributed by atoms with Gasteiger partial charge in [-0.3, -0.25) is 0 Å². The standard InChI is InChI=1S/C10H5BrClFN2/c11-9-5-8(14-10(12)15-9)6-3-1-2-4-7(6)13/h1-5H. The molecule has 0 aliphatic rings. The van der Waals surface area contributed by atoms with Gasteiger partial charge in [0.15, 0.2) is 0 Å². The van der Waals surface area contributed by atoms with Gasteiger partial charge in [-0.1, -0.05) is 12.1 Å². The quantitative estimate of drug-likeness (QED) is 0.590. The monoisotopic (exact) mass is 286 g/mol. The van der Waals surface area contributed by atoms with Crippen LogP contribution in [0.2, 0.25) is 5.28 Å². The van der Waals surface area contributed by atoms with Gasteiger partial charge in [0.05, 0.1) is 5.69 Å². The molecule has 0 aliphatic heterocycles. The van der Waals surface area contributed by atoms with E-state index < -0.39 is 0 Å². The first-order valence-electron chi connectivity index (χ1n) is 4.12. The molecule has 5 heteroatoms. The van der Waals surface area contributed by atoms with Crippen molar-refractivity contribution in [2.75, 3.05) is 0 Å². The molecule has 0 radical (unpaired) electrons. The van der Waals surface area contributed by atoms with Gasteiger partial charge in [0.2, 0.25) is 5.28 Å². The Balaban J connectivity index is 2.59. The minimum Gasteiger partial charge on any atom is -0.218 e. The Morgan fingerprint density at radius 2 is 1.93 bits per heavy atom. The van der Waals surface area contributed by atoms with Crippen LogP contribution in [0.3, 0.4) is 0 Å². The summed E-state index contributed by atoms with van der Waals surface area (Å²) in [5.74, 6) is -0.334. The number of benzene rings is 1. The lowest BCUT2D eigenvalue weighted by Gasteiger charge is -2.02. The molecule has 0 amide bonds. The van der Waals surface area contributed by atoms with Crippen LogP contribution in [0, 0.1) is 5.82 Å². The Labute approximate surface area is 99.3 Å². The Morgan fingerprint density at radius 3 is 2.60 bits per heavy atom. The second kappa shape index (κ2) is 4.24. The zero-order valence-electron chi connectivity index (χ0n) is 7.42. The maximum atomic E-state index is 13.4. The summed E-state index contributed by atoms with van der Waals surface area (Å²) < 4.78 is 13.9. The summed E-state index contributed by atoms with van der Waals surface area (Å²) in [6, 6.07) is 7.99. The van der Waals surface area contributed by atoms with Crippen molar-refractivity contribution in [2.24, 2.45) is 0 Å². The van der Waals surface area contributed by atoms with Gasteiger partial charge in [0, 0.05) is 5.56 Å². The minimum atomic E-state index is -0.334. The zero-order valence-corrected chi connectivity index (χ0v) is 9.76. The predicted molar refractivity (Wildman–Crippen MR) is 60.1 cm³/mol. The maximum Gasteiger partial charge on any atom is 0.223 e. The van der Waals surface area contributed by atoms with E-state index in [9.17, 15) is 4.39 Å². The average Bonchev–Trinajstić information content (AvgIpc) is 2.16. The third-order valence-electron chi connectivity index (χ3n) is 1.82. The first-order chi connectivity index (χ1) is 7.16. The van der Waals surface area contributed by atoms with Crippen LogP contribution in [-0.2, 0) is 0 Å². The van der Waals surface area contributed by atoms with E-state index in [4.69, 9.17) is 11.6 Å². The van der Waals surface area contributed by atoms with Gasteiger partial charge in [-0.2, -0.15) is 0 Å². The van der Waals surface area contributed by atoms with E-state index in [1.54, 1.807) is 24.3 Å². The van der Waals surface area contributed by atoms with Crippen molar-refractivity contribution in [2.45, 2.75) is 0 Å². The third kappa shape index (κ3) is 2.33. The number of halogens is 3. The van der Waals surface area contributed by atoms with E-state index in [0.29, 0.717) is 15.9 Å². The van der Waals surface area contributed by atoms with Gasteiger partial charge in [0.1, 0.15) is 10.4 Å². The van der Waals surface area contributed by atoms with Crippen LogP contribution in [0.4, 0.5) is 4.39 Å². The first kappa shape index (κ1) is 10.5. The molecule has 0 atom stereocenters. The lowest BCUT2D eigenvalue weighted by molar-refractivity contribution is 0.630. The topological polar surface area (TPSA) is 25.8 Å². The molecule has 1 aromatic heterocycles. The fraction of sp³-hybridized carbons (Fsp3) is 0. The molecule has 2 rings (SSSR count). The van der Waals surface area contributed by atoms with E-state index >= 15 is 0 Å². The third-order valence-corrected chi connectivity index (χ3v) is 2.39. The number of aromatic nitrogens is 2. The Morgan fingerprint density at radius 1 is 1.20 bits per heavy atom. The molecule has 15 heavy (non-hydrogen) atoms. The summed E-state index contributed by atoms with van der Waals surface area (Å²) in [5, 5.41) is 0.0858. The molecular formula is C10H5BrClFN2. The molecule has 2 aromatic rings. The highest BCUT2D eigenvalue weighted by Crippen LogP contribution is 2.23. The van der Waals surface area contributed by atoms with Crippen LogP contribution in [0.25, 0.3) is 11.3 Å². The van der Waals surface area contributed by atoms with Crippen molar-refractivity contribution >= 4 is 27.5 Å². The van der Waals surface area contributed by atoms with E-state index in [1.165, 1.54) is 6.07 Å². The minimum absolute atomic E-state index is 0.0858. The summed E-state index contributed by atoms with van der Waals surface area (Å²) in [6.07, 6.45) is 0. The van der Waals surface area contributed by atoms with Gasteiger partial charge in [-0.05, 0) is 45.7 Å². The van der Waals surface area contributed by atoms with Crippen LogP contribution >= 0.6 is 27.5 Å². The summed E-state index contributed by atoms with van der Waals surface area (Å²) in [7, 11) is 0. The van der Waals surface area contributed by atoms with Crippen molar-refractivity contribution in [3.63, 3.8) is 0 Å². The van der Waals surface area contributed by atoms with E-state index in [1.807, 2.05) is 0 Å². The van der Waals surface area contributed by atoms with Gasteiger partial charge in [-0.25, -0.2) is 14.4 Å². The van der Waals surface area contributed by atoms with Crippen molar-refractivity contribution < 1.29 is 4.39 Å². The smallest absolute Gasteiger partial charge is 0.218 e. The van der Waals surface area contributed by atoms with E-state index in [2.05, 4.69) is 25.9 Å². The van der Waals surface area contributed by atoms with Gasteiger partial charge >= 0.3 is 0 Å². The molecule has 1 aromatic carbocycles. The molecule has 0 fully saturated rings. The molecular weight excluding hydrogens is 282 g/mol. The summed E-state index contributed by atoms with van der Waals surface area (Å²) in [4.78, 5) is 7.79. The molecule has 0 saturated heterocycles. The van der Waals surface area contributed by atoms with Crippen molar-refractivity contribution in [3.05, 3.63) is 46.0 Å². The summed E-state index contributed by atoms with van der Waals surface area (Å²) in [5.41, 5.74) is 0.863. The molecule has 2 nitrogen and oxygen atoms in total. The van der Waals surface area contributed by atoms with E-state index in [0.717, 1.165) is 0 Å². The molecule has 0 bridgehead atoms. The molecule has 0 unspecified atom stereocenters. The Hall–Kier alpha value is -1.00. The number of hydrogen-bond acceptors (Lipinski definition) is 2. The van der Waals surface area contributed by atoms with Crippen molar-refractivity contribution in [1.29, 1.82) is 0 Å². The molecule has 76 valence electrons. The van der Waals surface area contributed by atoms with Crippen LogP contribution in [0.5, 0.6) is 0 Å². The van der Waals surface area contributed by atoms with Crippen LogP contribution in [-0.4, -0.2) is 9.97 Å². The van der Waals surface area contributed by atoms with E-state index in [-0.39, 0.29) is 11.1 Å². The first-order valence-corrected chi connectivity index (χ1v) is 5.29.